The smallest absolute Gasteiger partial charge is 0.241 e. The maximum absolute atomic E-state index is 13.1. The van der Waals surface area contributed by atoms with Crippen LogP contribution in [0.1, 0.15) is 30.9 Å². The summed E-state index contributed by atoms with van der Waals surface area (Å²) in [7, 11) is -7.83. The van der Waals surface area contributed by atoms with Gasteiger partial charge in [-0.25, -0.2) is 21.6 Å². The van der Waals surface area contributed by atoms with E-state index in [4.69, 9.17) is 9.94 Å². The summed E-state index contributed by atoms with van der Waals surface area (Å²) in [5.41, 5.74) is 1.38. The third-order valence-corrected chi connectivity index (χ3v) is 8.46. The van der Waals surface area contributed by atoms with Gasteiger partial charge in [0.2, 0.25) is 19.9 Å². The second kappa shape index (κ2) is 8.84. The van der Waals surface area contributed by atoms with Crippen LogP contribution in [0.4, 0.5) is 0 Å². The summed E-state index contributed by atoms with van der Waals surface area (Å²) < 4.78 is 59.8. The summed E-state index contributed by atoms with van der Waals surface area (Å²) in [5.74, 6) is 0. The van der Waals surface area contributed by atoms with Gasteiger partial charge in [-0.3, -0.25) is 0 Å². The van der Waals surface area contributed by atoms with Gasteiger partial charge < -0.3 is 9.94 Å². The summed E-state index contributed by atoms with van der Waals surface area (Å²) in [4.78, 5) is -0.155. The molecule has 10 heteroatoms. The lowest BCUT2D eigenvalue weighted by Crippen LogP contribution is -2.39. The lowest BCUT2D eigenvalue weighted by molar-refractivity contribution is 0.0832. The molecule has 0 amide bonds. The molecule has 0 atom stereocenters. The standard InChI is InChI=1S/C20H24N2O6S2/c1-14-3-6-19(13-20(14)30(26,27)22-17-9-11-28-12-10-17)29(24,25)18-7-4-16(5-8-18)15(2)21-23/h3-8,13,17,22-23H,9-12H2,1-2H3. The van der Waals surface area contributed by atoms with Crippen LogP contribution in [-0.4, -0.2) is 47.0 Å². The van der Waals surface area contributed by atoms with Crippen LogP contribution in [0.15, 0.2) is 62.3 Å². The number of aryl methyl sites for hydroxylation is 1. The van der Waals surface area contributed by atoms with E-state index in [2.05, 4.69) is 9.88 Å². The quantitative estimate of drug-likeness (QED) is 0.394. The van der Waals surface area contributed by atoms with E-state index in [-0.39, 0.29) is 20.7 Å². The minimum atomic E-state index is -3.94. The van der Waals surface area contributed by atoms with Gasteiger partial charge in [-0.15, -0.1) is 0 Å². The zero-order valence-corrected chi connectivity index (χ0v) is 18.3. The van der Waals surface area contributed by atoms with Crippen molar-refractivity contribution < 1.29 is 26.8 Å². The van der Waals surface area contributed by atoms with Crippen LogP contribution in [0.2, 0.25) is 0 Å². The molecule has 1 heterocycles. The van der Waals surface area contributed by atoms with Crippen molar-refractivity contribution in [1.29, 1.82) is 0 Å². The number of ether oxygens (including phenoxy) is 1. The summed E-state index contributed by atoms with van der Waals surface area (Å²) in [5, 5.41) is 11.9. The highest BCUT2D eigenvalue weighted by molar-refractivity contribution is 7.91. The van der Waals surface area contributed by atoms with Crippen molar-refractivity contribution in [3.8, 4) is 0 Å². The Morgan fingerprint density at radius 2 is 1.63 bits per heavy atom. The second-order valence-corrected chi connectivity index (χ2v) is 10.8. The third-order valence-electron chi connectivity index (χ3n) is 5.03. The van der Waals surface area contributed by atoms with Gasteiger partial charge in [0.1, 0.15) is 0 Å². The van der Waals surface area contributed by atoms with Crippen molar-refractivity contribution in [2.24, 2.45) is 5.16 Å². The van der Waals surface area contributed by atoms with Gasteiger partial charge in [0.15, 0.2) is 0 Å². The van der Waals surface area contributed by atoms with Gasteiger partial charge in [0.25, 0.3) is 0 Å². The van der Waals surface area contributed by atoms with Crippen molar-refractivity contribution >= 4 is 25.6 Å². The van der Waals surface area contributed by atoms with Crippen molar-refractivity contribution in [2.75, 3.05) is 13.2 Å². The van der Waals surface area contributed by atoms with Gasteiger partial charge in [-0.05, 0) is 62.1 Å². The van der Waals surface area contributed by atoms with E-state index in [0.717, 1.165) is 0 Å². The zero-order valence-electron chi connectivity index (χ0n) is 16.7. The molecule has 8 nitrogen and oxygen atoms in total. The molecule has 0 unspecified atom stereocenters. The Morgan fingerprint density at radius 3 is 2.23 bits per heavy atom. The molecule has 1 aliphatic heterocycles. The molecule has 3 rings (SSSR count). The van der Waals surface area contributed by atoms with Crippen LogP contribution in [-0.2, 0) is 24.6 Å². The molecule has 2 N–H and O–H groups in total. The van der Waals surface area contributed by atoms with Crippen molar-refractivity contribution in [2.45, 2.75) is 47.4 Å². The number of rotatable bonds is 6. The lowest BCUT2D eigenvalue weighted by Gasteiger charge is -2.23. The Labute approximate surface area is 176 Å². The van der Waals surface area contributed by atoms with Crippen LogP contribution in [0.25, 0.3) is 0 Å². The molecule has 0 aliphatic carbocycles. The largest absolute Gasteiger partial charge is 0.411 e. The molecule has 162 valence electrons. The maximum Gasteiger partial charge on any atom is 0.241 e. The molecular formula is C20H24N2O6S2. The summed E-state index contributed by atoms with van der Waals surface area (Å²) >= 11 is 0. The van der Waals surface area contributed by atoms with Crippen LogP contribution in [0.3, 0.4) is 0 Å². The van der Waals surface area contributed by atoms with E-state index in [0.29, 0.717) is 42.9 Å². The topological polar surface area (TPSA) is 122 Å². The number of benzene rings is 2. The van der Waals surface area contributed by atoms with E-state index in [1.807, 2.05) is 0 Å². The number of hydrogen-bond donors (Lipinski definition) is 2. The van der Waals surface area contributed by atoms with Crippen LogP contribution in [0.5, 0.6) is 0 Å². The molecule has 0 saturated carbocycles. The molecule has 30 heavy (non-hydrogen) atoms. The molecular weight excluding hydrogens is 428 g/mol. The minimum Gasteiger partial charge on any atom is -0.411 e. The fourth-order valence-corrected chi connectivity index (χ4v) is 6.14. The van der Waals surface area contributed by atoms with Crippen molar-refractivity contribution in [3.05, 3.63) is 53.6 Å². The Balaban J connectivity index is 1.95. The number of oxime groups is 1. The first-order valence-electron chi connectivity index (χ1n) is 9.40. The van der Waals surface area contributed by atoms with Crippen LogP contribution >= 0.6 is 0 Å². The van der Waals surface area contributed by atoms with Crippen molar-refractivity contribution in [1.82, 2.24) is 4.72 Å². The molecule has 0 bridgehead atoms. The SMILES string of the molecule is CC(=NO)c1ccc(S(=O)(=O)c2ccc(C)c(S(=O)(=O)NC3CCOCC3)c2)cc1. The van der Waals surface area contributed by atoms with Gasteiger partial charge in [0, 0.05) is 19.3 Å². The van der Waals surface area contributed by atoms with E-state index in [9.17, 15) is 16.8 Å². The number of sulfonamides is 1. The Kier molecular flexibility index (Phi) is 6.61. The summed E-state index contributed by atoms with van der Waals surface area (Å²) in [6, 6.07) is 9.69. The lowest BCUT2D eigenvalue weighted by atomic mass is 10.1. The average molecular weight is 453 g/mol. The predicted molar refractivity (Wildman–Crippen MR) is 111 cm³/mol. The van der Waals surface area contributed by atoms with E-state index in [1.165, 1.54) is 42.5 Å². The van der Waals surface area contributed by atoms with Gasteiger partial charge in [-0.1, -0.05) is 23.4 Å². The Hall–Kier alpha value is -2.27. The van der Waals surface area contributed by atoms with E-state index < -0.39 is 19.9 Å². The normalized spacial score (nSPS) is 16.5. The van der Waals surface area contributed by atoms with Crippen molar-refractivity contribution in [3.63, 3.8) is 0 Å². The number of nitrogens with one attached hydrogen (secondary N) is 1. The monoisotopic (exact) mass is 452 g/mol. The summed E-state index contributed by atoms with van der Waals surface area (Å²) in [6.45, 7) is 4.18. The molecule has 2 aromatic rings. The molecule has 1 saturated heterocycles. The third kappa shape index (κ3) is 4.72. The molecule has 0 radical (unpaired) electrons. The zero-order chi connectivity index (χ0) is 21.9. The van der Waals surface area contributed by atoms with E-state index in [1.54, 1.807) is 13.8 Å². The van der Waals surface area contributed by atoms with Gasteiger partial charge in [-0.2, -0.15) is 0 Å². The number of hydrogen-bond acceptors (Lipinski definition) is 7. The molecule has 0 aromatic heterocycles. The maximum atomic E-state index is 13.1. The first-order valence-corrected chi connectivity index (χ1v) is 12.4. The first kappa shape index (κ1) is 22.4. The van der Waals surface area contributed by atoms with Gasteiger partial charge in [0.05, 0.1) is 20.4 Å². The number of nitrogens with zero attached hydrogens (tertiary/aromatic N) is 1. The average Bonchev–Trinajstić information content (AvgIpc) is 2.73. The molecule has 1 fully saturated rings. The molecule has 1 aliphatic rings. The minimum absolute atomic E-state index is 0.0154. The predicted octanol–water partition coefficient (Wildman–Crippen LogP) is 2.48. The fourth-order valence-electron chi connectivity index (χ4n) is 3.20. The van der Waals surface area contributed by atoms with Crippen LogP contribution in [0, 0.1) is 6.92 Å². The highest BCUT2D eigenvalue weighted by Gasteiger charge is 2.26. The highest BCUT2D eigenvalue weighted by Crippen LogP contribution is 2.26. The Bertz CT molecular complexity index is 1150. The molecule has 0 spiro atoms. The van der Waals surface area contributed by atoms with E-state index >= 15 is 0 Å². The highest BCUT2D eigenvalue weighted by atomic mass is 32.2. The molecule has 2 aromatic carbocycles. The fraction of sp³-hybridized carbons (Fsp3) is 0.350. The first-order chi connectivity index (χ1) is 14.1. The Morgan fingerprint density at radius 1 is 1.03 bits per heavy atom. The van der Waals surface area contributed by atoms with Gasteiger partial charge >= 0.3 is 0 Å². The number of sulfone groups is 1. The summed E-state index contributed by atoms with van der Waals surface area (Å²) in [6.07, 6.45) is 1.14. The second-order valence-electron chi connectivity index (χ2n) is 7.15. The van der Waals surface area contributed by atoms with Crippen LogP contribution < -0.4 is 4.72 Å².